The van der Waals surface area contributed by atoms with Gasteiger partial charge in [-0.2, -0.15) is 17.0 Å². The Morgan fingerprint density at radius 1 is 1.07 bits per heavy atom. The van der Waals surface area contributed by atoms with Crippen LogP contribution in [0.25, 0.3) is 5.65 Å². The van der Waals surface area contributed by atoms with Crippen molar-refractivity contribution in [2.45, 2.75) is 51.9 Å². The lowest BCUT2D eigenvalue weighted by molar-refractivity contribution is 0.176. The smallest absolute Gasteiger partial charge is 0.281 e. The minimum atomic E-state index is -3.28. The molecule has 2 saturated heterocycles. The molecule has 9 heteroatoms. The van der Waals surface area contributed by atoms with E-state index < -0.39 is 10.2 Å². The van der Waals surface area contributed by atoms with Crippen LogP contribution in [0, 0.1) is 5.92 Å². The Morgan fingerprint density at radius 3 is 2.38 bits per heavy atom. The molecule has 2 fully saturated rings. The highest BCUT2D eigenvalue weighted by molar-refractivity contribution is 7.86. The van der Waals surface area contributed by atoms with Gasteiger partial charge in [0.25, 0.3) is 10.2 Å². The molecule has 160 valence electrons. The normalized spacial score (nSPS) is 20.5. The van der Waals surface area contributed by atoms with Crippen LogP contribution in [-0.2, 0) is 15.6 Å². The first kappa shape index (κ1) is 20.6. The van der Waals surface area contributed by atoms with Crippen molar-refractivity contribution in [1.82, 2.24) is 23.2 Å². The van der Waals surface area contributed by atoms with Crippen molar-refractivity contribution in [2.24, 2.45) is 5.92 Å². The van der Waals surface area contributed by atoms with Crippen molar-refractivity contribution in [3.8, 4) is 5.88 Å². The average Bonchev–Trinajstić information content (AvgIpc) is 3.36. The second-order valence-corrected chi connectivity index (χ2v) is 11.0. The highest BCUT2D eigenvalue weighted by atomic mass is 32.2. The molecule has 0 spiro atoms. The standard InChI is InChI=1S/C20H31N5O3S/c1-20(2,3)17-14-25-18(21-17)6-7-19(22-25)28-15-16-8-12-24(13-9-16)29(26,27)23-10-4-5-11-23/h6-7,14,16H,4-5,8-13,15H2,1-3H3. The van der Waals surface area contributed by atoms with Crippen LogP contribution >= 0.6 is 0 Å². The van der Waals surface area contributed by atoms with Crippen LogP contribution in [-0.4, -0.2) is 64.4 Å². The molecule has 0 saturated carbocycles. The van der Waals surface area contributed by atoms with Crippen molar-refractivity contribution in [2.75, 3.05) is 32.8 Å². The Morgan fingerprint density at radius 2 is 1.72 bits per heavy atom. The van der Waals surface area contributed by atoms with Gasteiger partial charge in [0.05, 0.1) is 18.5 Å². The van der Waals surface area contributed by atoms with Crippen LogP contribution in [0.4, 0.5) is 0 Å². The number of ether oxygens (including phenoxy) is 1. The lowest BCUT2D eigenvalue weighted by Gasteiger charge is -2.33. The SMILES string of the molecule is CC(C)(C)c1cn2nc(OCC3CCN(S(=O)(=O)N4CCCC4)CC3)ccc2n1. The fourth-order valence-corrected chi connectivity index (χ4v) is 5.61. The maximum Gasteiger partial charge on any atom is 0.281 e. The summed E-state index contributed by atoms with van der Waals surface area (Å²) in [7, 11) is -3.28. The second-order valence-electron chi connectivity index (χ2n) is 9.12. The number of aromatic nitrogens is 3. The van der Waals surface area contributed by atoms with Crippen LogP contribution < -0.4 is 4.74 Å². The molecular formula is C20H31N5O3S. The van der Waals surface area contributed by atoms with E-state index in [9.17, 15) is 8.42 Å². The molecule has 0 aromatic carbocycles. The Balaban J connectivity index is 1.32. The van der Waals surface area contributed by atoms with Gasteiger partial charge in [-0.25, -0.2) is 9.50 Å². The Hall–Kier alpha value is -1.71. The highest BCUT2D eigenvalue weighted by Gasteiger charge is 2.34. The van der Waals surface area contributed by atoms with Gasteiger partial charge in [-0.15, -0.1) is 5.10 Å². The van der Waals surface area contributed by atoms with E-state index in [1.807, 2.05) is 18.3 Å². The van der Waals surface area contributed by atoms with E-state index in [2.05, 4.69) is 30.9 Å². The van der Waals surface area contributed by atoms with E-state index in [0.29, 0.717) is 44.6 Å². The molecular weight excluding hydrogens is 390 g/mol. The third kappa shape index (κ3) is 4.41. The van der Waals surface area contributed by atoms with Gasteiger partial charge < -0.3 is 4.74 Å². The van der Waals surface area contributed by atoms with E-state index in [-0.39, 0.29) is 5.41 Å². The zero-order valence-corrected chi connectivity index (χ0v) is 18.4. The number of hydrogen-bond acceptors (Lipinski definition) is 5. The number of imidazole rings is 1. The minimum absolute atomic E-state index is 0.0297. The van der Waals surface area contributed by atoms with Gasteiger partial charge in [0.15, 0.2) is 5.65 Å². The largest absolute Gasteiger partial charge is 0.476 e. The Kier molecular flexibility index (Phi) is 5.56. The summed E-state index contributed by atoms with van der Waals surface area (Å²) < 4.78 is 36.3. The van der Waals surface area contributed by atoms with Crippen molar-refractivity contribution >= 4 is 15.9 Å². The monoisotopic (exact) mass is 421 g/mol. The molecule has 0 unspecified atom stereocenters. The molecule has 0 bridgehead atoms. The maximum atomic E-state index is 12.7. The third-order valence-electron chi connectivity index (χ3n) is 5.82. The van der Waals surface area contributed by atoms with Gasteiger partial charge >= 0.3 is 0 Å². The van der Waals surface area contributed by atoms with Crippen LogP contribution in [0.1, 0.15) is 52.1 Å². The summed E-state index contributed by atoms with van der Waals surface area (Å²) in [6, 6.07) is 3.77. The molecule has 0 N–H and O–H groups in total. The molecule has 2 aromatic heterocycles. The molecule has 2 aliphatic heterocycles. The summed E-state index contributed by atoms with van der Waals surface area (Å²) in [5, 5.41) is 4.52. The first-order valence-corrected chi connectivity index (χ1v) is 11.9. The predicted molar refractivity (Wildman–Crippen MR) is 111 cm³/mol. The zero-order valence-electron chi connectivity index (χ0n) is 17.5. The number of rotatable bonds is 5. The van der Waals surface area contributed by atoms with E-state index in [0.717, 1.165) is 37.0 Å². The minimum Gasteiger partial charge on any atom is -0.476 e. The number of fused-ring (bicyclic) bond motifs is 1. The lowest BCUT2D eigenvalue weighted by Crippen LogP contribution is -2.46. The molecule has 2 aromatic rings. The molecule has 0 aliphatic carbocycles. The van der Waals surface area contributed by atoms with Crippen molar-refractivity contribution < 1.29 is 13.2 Å². The van der Waals surface area contributed by atoms with Gasteiger partial charge in [0.1, 0.15) is 0 Å². The lowest BCUT2D eigenvalue weighted by atomic mass is 9.93. The average molecular weight is 422 g/mol. The van der Waals surface area contributed by atoms with E-state index >= 15 is 0 Å². The van der Waals surface area contributed by atoms with E-state index in [1.165, 1.54) is 0 Å². The first-order chi connectivity index (χ1) is 13.7. The van der Waals surface area contributed by atoms with Crippen molar-refractivity contribution in [1.29, 1.82) is 0 Å². The summed E-state index contributed by atoms with van der Waals surface area (Å²) in [5.41, 5.74) is 1.77. The van der Waals surface area contributed by atoms with Crippen molar-refractivity contribution in [3.63, 3.8) is 0 Å². The summed E-state index contributed by atoms with van der Waals surface area (Å²) >= 11 is 0. The molecule has 0 atom stereocenters. The van der Waals surface area contributed by atoms with Gasteiger partial charge in [-0.05, 0) is 37.7 Å². The quantitative estimate of drug-likeness (QED) is 0.741. The van der Waals surface area contributed by atoms with Crippen LogP contribution in [0.3, 0.4) is 0 Å². The Bertz CT molecular complexity index is 952. The van der Waals surface area contributed by atoms with E-state index in [1.54, 1.807) is 13.1 Å². The van der Waals surface area contributed by atoms with Crippen LogP contribution in [0.15, 0.2) is 18.3 Å². The summed E-state index contributed by atoms with van der Waals surface area (Å²) in [4.78, 5) is 4.62. The highest BCUT2D eigenvalue weighted by Crippen LogP contribution is 2.25. The van der Waals surface area contributed by atoms with Gasteiger partial charge in [-0.1, -0.05) is 20.8 Å². The van der Waals surface area contributed by atoms with Crippen LogP contribution in [0.5, 0.6) is 5.88 Å². The molecule has 8 nitrogen and oxygen atoms in total. The Labute approximate surface area is 173 Å². The second kappa shape index (κ2) is 7.85. The number of piperidine rings is 1. The fraction of sp³-hybridized carbons (Fsp3) is 0.700. The van der Waals surface area contributed by atoms with Crippen molar-refractivity contribution in [3.05, 3.63) is 24.0 Å². The van der Waals surface area contributed by atoms with Crippen LogP contribution in [0.2, 0.25) is 0 Å². The summed E-state index contributed by atoms with van der Waals surface area (Å²) in [5.74, 6) is 0.910. The molecule has 0 radical (unpaired) electrons. The number of nitrogens with zero attached hydrogens (tertiary/aromatic N) is 5. The first-order valence-electron chi connectivity index (χ1n) is 10.5. The molecule has 4 rings (SSSR count). The molecule has 4 heterocycles. The van der Waals surface area contributed by atoms with Gasteiger partial charge in [0.2, 0.25) is 5.88 Å². The third-order valence-corrected chi connectivity index (χ3v) is 7.86. The maximum absolute atomic E-state index is 12.7. The van der Waals surface area contributed by atoms with Gasteiger partial charge in [-0.3, -0.25) is 0 Å². The number of hydrogen-bond donors (Lipinski definition) is 0. The topological polar surface area (TPSA) is 80.0 Å². The molecule has 0 amide bonds. The summed E-state index contributed by atoms with van der Waals surface area (Å²) in [6.07, 6.45) is 5.51. The van der Waals surface area contributed by atoms with E-state index in [4.69, 9.17) is 4.74 Å². The zero-order chi connectivity index (χ0) is 20.6. The summed E-state index contributed by atoms with van der Waals surface area (Å²) in [6.45, 7) is 9.38. The molecule has 29 heavy (non-hydrogen) atoms. The fourth-order valence-electron chi connectivity index (χ4n) is 3.89. The molecule has 2 aliphatic rings. The predicted octanol–water partition coefficient (Wildman–Crippen LogP) is 2.46. The van der Waals surface area contributed by atoms with Gasteiger partial charge in [0, 0.05) is 37.7 Å².